The normalized spacial score (nSPS) is 23.8. The molecule has 1 fully saturated rings. The number of cyclic esters (lactones) is 1. The van der Waals surface area contributed by atoms with Crippen molar-refractivity contribution in [3.05, 3.63) is 16.1 Å². The predicted octanol–water partition coefficient (Wildman–Crippen LogP) is 2.69. The zero-order valence-electron chi connectivity index (χ0n) is 11.6. The van der Waals surface area contributed by atoms with Crippen molar-refractivity contribution >= 4 is 23.1 Å². The van der Waals surface area contributed by atoms with E-state index in [1.807, 2.05) is 27.0 Å². The van der Waals surface area contributed by atoms with Crippen molar-refractivity contribution in [1.82, 2.24) is 4.98 Å². The third kappa shape index (κ3) is 3.21. The van der Waals surface area contributed by atoms with Crippen LogP contribution in [0, 0.1) is 12.8 Å². The largest absolute Gasteiger partial charge is 0.458 e. The Bertz CT molecular complexity index is 477. The second-order valence-corrected chi connectivity index (χ2v) is 6.77. The van der Waals surface area contributed by atoms with Crippen LogP contribution in [0.15, 0.2) is 6.20 Å². The van der Waals surface area contributed by atoms with Gasteiger partial charge in [0, 0.05) is 23.9 Å². The molecule has 0 saturated carbocycles. The zero-order chi connectivity index (χ0) is 14.0. The molecular formula is C14H19NO3S. The highest BCUT2D eigenvalue weighted by Gasteiger charge is 2.43. The van der Waals surface area contributed by atoms with E-state index in [0.29, 0.717) is 12.8 Å². The number of carbonyl (C=O) groups excluding carboxylic acids is 2. The van der Waals surface area contributed by atoms with Crippen LogP contribution in [-0.2, 0) is 20.7 Å². The van der Waals surface area contributed by atoms with Crippen molar-refractivity contribution in [2.45, 2.75) is 52.1 Å². The molecule has 0 N–H and O–H groups in total. The molecular weight excluding hydrogens is 262 g/mol. The van der Waals surface area contributed by atoms with Gasteiger partial charge in [-0.1, -0.05) is 13.8 Å². The summed E-state index contributed by atoms with van der Waals surface area (Å²) in [5.41, 5.74) is -0.647. The second kappa shape index (κ2) is 5.41. The van der Waals surface area contributed by atoms with E-state index in [2.05, 4.69) is 4.98 Å². The topological polar surface area (TPSA) is 56.3 Å². The number of thiazole rings is 1. The lowest BCUT2D eigenvalue weighted by Crippen LogP contribution is -2.47. The van der Waals surface area contributed by atoms with Crippen molar-refractivity contribution in [2.24, 2.45) is 5.92 Å². The van der Waals surface area contributed by atoms with Gasteiger partial charge >= 0.3 is 5.97 Å². The van der Waals surface area contributed by atoms with E-state index in [4.69, 9.17) is 4.74 Å². The van der Waals surface area contributed by atoms with E-state index < -0.39 is 5.60 Å². The Morgan fingerprint density at radius 2 is 2.21 bits per heavy atom. The van der Waals surface area contributed by atoms with Crippen LogP contribution in [0.1, 0.15) is 43.0 Å². The molecule has 0 spiro atoms. The zero-order valence-corrected chi connectivity index (χ0v) is 12.4. The highest BCUT2D eigenvalue weighted by molar-refractivity contribution is 7.11. The molecule has 0 bridgehead atoms. The lowest BCUT2D eigenvalue weighted by atomic mass is 9.79. The average molecular weight is 281 g/mol. The lowest BCUT2D eigenvalue weighted by molar-refractivity contribution is -0.177. The molecule has 1 unspecified atom stereocenters. The van der Waals surface area contributed by atoms with Crippen LogP contribution in [0.4, 0.5) is 0 Å². The molecule has 0 radical (unpaired) electrons. The maximum atomic E-state index is 11.7. The number of aromatic nitrogens is 1. The standard InChI is InChI=1S/C14H19NO3S/c1-9(2)14(7-11(16)6-13(17)18-14)5-4-12-15-8-10(3)19-12/h8-9H,4-7H2,1-3H3. The van der Waals surface area contributed by atoms with Gasteiger partial charge in [-0.3, -0.25) is 9.59 Å². The smallest absolute Gasteiger partial charge is 0.313 e. The number of ether oxygens (including phenoxy) is 1. The highest BCUT2D eigenvalue weighted by atomic mass is 32.1. The van der Waals surface area contributed by atoms with Gasteiger partial charge in [-0.15, -0.1) is 11.3 Å². The molecule has 4 nitrogen and oxygen atoms in total. The van der Waals surface area contributed by atoms with Crippen LogP contribution >= 0.6 is 11.3 Å². The third-order valence-electron chi connectivity index (χ3n) is 3.64. The van der Waals surface area contributed by atoms with Gasteiger partial charge in [0.1, 0.15) is 17.8 Å². The minimum absolute atomic E-state index is 0.0136. The van der Waals surface area contributed by atoms with Gasteiger partial charge in [0.2, 0.25) is 0 Å². The van der Waals surface area contributed by atoms with Crippen molar-refractivity contribution in [3.8, 4) is 0 Å². The average Bonchev–Trinajstić information content (AvgIpc) is 2.71. The van der Waals surface area contributed by atoms with Gasteiger partial charge < -0.3 is 4.74 Å². The first-order chi connectivity index (χ1) is 8.91. The molecule has 1 aromatic heterocycles. The fourth-order valence-corrected chi connectivity index (χ4v) is 3.23. The van der Waals surface area contributed by atoms with Crippen LogP contribution in [0.3, 0.4) is 0 Å². The summed E-state index contributed by atoms with van der Waals surface area (Å²) in [6.07, 6.45) is 3.51. The fraction of sp³-hybridized carbons (Fsp3) is 0.643. The number of Topliss-reactive ketones (excluding diaryl/α,β-unsaturated/α-hetero) is 1. The fourth-order valence-electron chi connectivity index (χ4n) is 2.44. The highest BCUT2D eigenvalue weighted by Crippen LogP contribution is 2.35. The maximum Gasteiger partial charge on any atom is 0.313 e. The van der Waals surface area contributed by atoms with E-state index in [1.165, 1.54) is 4.88 Å². The molecule has 0 aliphatic carbocycles. The van der Waals surface area contributed by atoms with Crippen molar-refractivity contribution in [3.63, 3.8) is 0 Å². The number of aryl methyl sites for hydroxylation is 2. The van der Waals surface area contributed by atoms with Gasteiger partial charge in [-0.25, -0.2) is 4.98 Å². The number of rotatable bonds is 4. The molecule has 0 amide bonds. The van der Waals surface area contributed by atoms with Gasteiger partial charge in [-0.05, 0) is 19.3 Å². The van der Waals surface area contributed by atoms with E-state index >= 15 is 0 Å². The molecule has 1 atom stereocenters. The second-order valence-electron chi connectivity index (χ2n) is 5.45. The van der Waals surface area contributed by atoms with Crippen LogP contribution in [0.2, 0.25) is 0 Å². The number of esters is 1. The molecule has 104 valence electrons. The van der Waals surface area contributed by atoms with Crippen LogP contribution < -0.4 is 0 Å². The Balaban J connectivity index is 2.11. The maximum absolute atomic E-state index is 11.7. The monoisotopic (exact) mass is 281 g/mol. The van der Waals surface area contributed by atoms with E-state index in [9.17, 15) is 9.59 Å². The molecule has 0 aromatic carbocycles. The predicted molar refractivity (Wildman–Crippen MR) is 73.1 cm³/mol. The Morgan fingerprint density at radius 3 is 2.74 bits per heavy atom. The minimum Gasteiger partial charge on any atom is -0.458 e. The molecule has 2 rings (SSSR count). The van der Waals surface area contributed by atoms with Crippen LogP contribution in [0.5, 0.6) is 0 Å². The Hall–Kier alpha value is -1.23. The molecule has 1 aromatic rings. The molecule has 1 aliphatic rings. The number of ketones is 1. The summed E-state index contributed by atoms with van der Waals surface area (Å²) in [6, 6.07) is 0. The minimum atomic E-state index is -0.647. The van der Waals surface area contributed by atoms with Gasteiger partial charge in [0.25, 0.3) is 0 Å². The van der Waals surface area contributed by atoms with E-state index in [-0.39, 0.29) is 24.1 Å². The van der Waals surface area contributed by atoms with E-state index in [0.717, 1.165) is 11.4 Å². The number of hydrogen-bond donors (Lipinski definition) is 0. The summed E-state index contributed by atoms with van der Waals surface area (Å²) in [5, 5.41) is 1.03. The third-order valence-corrected chi connectivity index (χ3v) is 4.61. The van der Waals surface area contributed by atoms with Crippen molar-refractivity contribution in [2.75, 3.05) is 0 Å². The van der Waals surface area contributed by atoms with Gasteiger partial charge in [0.15, 0.2) is 0 Å². The molecule has 1 saturated heterocycles. The molecule has 5 heteroatoms. The first-order valence-electron chi connectivity index (χ1n) is 6.56. The van der Waals surface area contributed by atoms with Gasteiger partial charge in [0.05, 0.1) is 5.01 Å². The summed E-state index contributed by atoms with van der Waals surface area (Å²) >= 11 is 1.65. The lowest BCUT2D eigenvalue weighted by Gasteiger charge is -2.39. The molecule has 19 heavy (non-hydrogen) atoms. The summed E-state index contributed by atoms with van der Waals surface area (Å²) in [7, 11) is 0. The summed E-state index contributed by atoms with van der Waals surface area (Å²) in [4.78, 5) is 28.7. The van der Waals surface area contributed by atoms with Crippen molar-refractivity contribution in [1.29, 1.82) is 0 Å². The first-order valence-corrected chi connectivity index (χ1v) is 7.38. The number of nitrogens with zero attached hydrogens (tertiary/aromatic N) is 1. The SMILES string of the molecule is Cc1cnc(CCC2(C(C)C)CC(=O)CC(=O)O2)s1. The quantitative estimate of drug-likeness (QED) is 0.629. The molecule has 1 aliphatic heterocycles. The Kier molecular flexibility index (Phi) is 4.04. The van der Waals surface area contributed by atoms with Crippen LogP contribution in [0.25, 0.3) is 0 Å². The first kappa shape index (κ1) is 14.2. The number of carbonyl (C=O) groups is 2. The number of hydrogen-bond acceptors (Lipinski definition) is 5. The molecule has 2 heterocycles. The van der Waals surface area contributed by atoms with E-state index in [1.54, 1.807) is 11.3 Å². The van der Waals surface area contributed by atoms with Crippen molar-refractivity contribution < 1.29 is 14.3 Å². The Labute approximate surface area is 117 Å². The van der Waals surface area contributed by atoms with Crippen LogP contribution in [-0.4, -0.2) is 22.3 Å². The summed E-state index contributed by atoms with van der Waals surface area (Å²) in [6.45, 7) is 6.02. The summed E-state index contributed by atoms with van der Waals surface area (Å²) in [5.74, 6) is -0.276. The van der Waals surface area contributed by atoms with Gasteiger partial charge in [-0.2, -0.15) is 0 Å². The Morgan fingerprint density at radius 1 is 1.47 bits per heavy atom. The summed E-state index contributed by atoms with van der Waals surface area (Å²) < 4.78 is 5.55.